The highest BCUT2D eigenvalue weighted by Gasteiger charge is 2.34. The maximum atomic E-state index is 10.6. The van der Waals surface area contributed by atoms with Gasteiger partial charge in [0.1, 0.15) is 11.8 Å². The first-order chi connectivity index (χ1) is 13.5. The Bertz CT molecular complexity index is 383. The van der Waals surface area contributed by atoms with E-state index in [1.165, 1.54) is 64.2 Å². The van der Waals surface area contributed by atoms with Gasteiger partial charge in [0.2, 0.25) is 0 Å². The third-order valence-electron chi connectivity index (χ3n) is 5.84. The van der Waals surface area contributed by atoms with Crippen LogP contribution in [-0.2, 0) is 4.79 Å². The summed E-state index contributed by atoms with van der Waals surface area (Å²) >= 11 is 0. The van der Waals surface area contributed by atoms with Crippen LogP contribution >= 0.6 is 0 Å². The number of nitrogens with zero attached hydrogens (tertiary/aromatic N) is 1. The molecular weight excluding hydrogens is 366 g/mol. The zero-order valence-corrected chi connectivity index (χ0v) is 20.4. The molecular formula is C24H51NO4. The summed E-state index contributed by atoms with van der Waals surface area (Å²) in [5.74, 6) is -0.773. The van der Waals surface area contributed by atoms with E-state index in [4.69, 9.17) is 5.11 Å². The Balaban J connectivity index is 0. The number of hydrogen-bond acceptors (Lipinski definition) is 4. The topological polar surface area (TPSA) is 81.0 Å². The van der Waals surface area contributed by atoms with Crippen molar-refractivity contribution in [2.45, 2.75) is 123 Å². The first-order valence-electron chi connectivity index (χ1n) is 11.8. The van der Waals surface area contributed by atoms with Crippen LogP contribution in [0.25, 0.3) is 0 Å². The minimum absolute atomic E-state index is 0.0416. The van der Waals surface area contributed by atoms with Crippen molar-refractivity contribution in [2.75, 3.05) is 14.1 Å². The summed E-state index contributed by atoms with van der Waals surface area (Å²) in [4.78, 5) is 12.2. The number of rotatable bonds is 16. The van der Waals surface area contributed by atoms with E-state index in [-0.39, 0.29) is 11.8 Å². The van der Waals surface area contributed by atoms with Gasteiger partial charge in [0, 0.05) is 0 Å². The van der Waals surface area contributed by atoms with Crippen LogP contribution in [0.15, 0.2) is 0 Å². The van der Waals surface area contributed by atoms with Gasteiger partial charge in [-0.3, -0.25) is 9.69 Å². The number of carboxylic acids is 1. The maximum absolute atomic E-state index is 10.6. The van der Waals surface area contributed by atoms with Crippen molar-refractivity contribution in [1.82, 2.24) is 4.90 Å². The molecule has 0 aromatic rings. The van der Waals surface area contributed by atoms with Gasteiger partial charge in [-0.1, -0.05) is 98.3 Å². The molecule has 0 saturated heterocycles. The number of hydrogen-bond donors (Lipinski definition) is 3. The molecule has 5 heteroatoms. The number of aliphatic carboxylic acids is 1. The van der Waals surface area contributed by atoms with Crippen LogP contribution < -0.4 is 0 Å². The molecule has 0 rings (SSSR count). The van der Waals surface area contributed by atoms with Crippen molar-refractivity contribution in [3.05, 3.63) is 0 Å². The summed E-state index contributed by atoms with van der Waals surface area (Å²) in [5, 5.41) is 28.0. The fourth-order valence-electron chi connectivity index (χ4n) is 3.06. The second kappa shape index (κ2) is 18.1. The molecule has 0 radical (unpaired) electrons. The highest BCUT2D eigenvalue weighted by atomic mass is 16.4. The standard InChI is InChI=1S/C16H32O2.C8H19NO2/c1-3-4-5-6-7-8-9-10-11-12-13-14-15(2)16(17)18;1-6(2)8(3,11)7(10)9(4)5/h15H,3-14H2,1-2H3,(H,17,18);6-7,10-11H,1-5H3. The normalized spacial score (nSPS) is 15.6. The molecule has 3 unspecified atom stereocenters. The van der Waals surface area contributed by atoms with Gasteiger partial charge < -0.3 is 15.3 Å². The molecule has 29 heavy (non-hydrogen) atoms. The van der Waals surface area contributed by atoms with Gasteiger partial charge in [0.05, 0.1) is 5.92 Å². The average Bonchev–Trinajstić information content (AvgIpc) is 2.65. The third kappa shape index (κ3) is 16.8. The Morgan fingerprint density at radius 3 is 1.52 bits per heavy atom. The molecule has 0 aliphatic rings. The first kappa shape index (κ1) is 30.5. The SMILES string of the molecule is CC(C)C(C)(O)C(O)N(C)C.CCCCCCCCCCCCCC(C)C(=O)O. The monoisotopic (exact) mass is 417 g/mol. The average molecular weight is 418 g/mol. The predicted octanol–water partition coefficient (Wildman–Crippen LogP) is 5.68. The second-order valence-corrected chi connectivity index (χ2v) is 9.28. The molecule has 176 valence electrons. The van der Waals surface area contributed by atoms with E-state index in [2.05, 4.69) is 6.92 Å². The number of carboxylic acid groups (broad SMARTS) is 1. The molecule has 3 N–H and O–H groups in total. The minimum Gasteiger partial charge on any atom is -0.481 e. The summed E-state index contributed by atoms with van der Waals surface area (Å²) in [6.45, 7) is 9.46. The van der Waals surface area contributed by atoms with E-state index in [9.17, 15) is 15.0 Å². The molecule has 0 aliphatic carbocycles. The van der Waals surface area contributed by atoms with Crippen LogP contribution in [-0.4, -0.2) is 52.1 Å². The zero-order chi connectivity index (χ0) is 22.9. The smallest absolute Gasteiger partial charge is 0.306 e. The minimum atomic E-state index is -1.04. The zero-order valence-electron chi connectivity index (χ0n) is 20.4. The lowest BCUT2D eigenvalue weighted by Gasteiger charge is -2.36. The Morgan fingerprint density at radius 2 is 1.24 bits per heavy atom. The molecule has 0 spiro atoms. The van der Waals surface area contributed by atoms with Crippen LogP contribution in [0.3, 0.4) is 0 Å². The van der Waals surface area contributed by atoms with E-state index < -0.39 is 17.8 Å². The number of unbranched alkanes of at least 4 members (excludes halogenated alkanes) is 10. The van der Waals surface area contributed by atoms with E-state index >= 15 is 0 Å². The van der Waals surface area contributed by atoms with Crippen LogP contribution in [0.4, 0.5) is 0 Å². The van der Waals surface area contributed by atoms with E-state index in [0.717, 1.165) is 12.8 Å². The van der Waals surface area contributed by atoms with Gasteiger partial charge in [-0.2, -0.15) is 0 Å². The molecule has 0 aromatic carbocycles. The Morgan fingerprint density at radius 1 is 0.862 bits per heavy atom. The molecule has 0 aliphatic heterocycles. The maximum Gasteiger partial charge on any atom is 0.306 e. The lowest BCUT2D eigenvalue weighted by Crippen LogP contribution is -2.51. The van der Waals surface area contributed by atoms with Gasteiger partial charge >= 0.3 is 5.97 Å². The van der Waals surface area contributed by atoms with Gasteiger partial charge in [-0.05, 0) is 33.4 Å². The van der Waals surface area contributed by atoms with E-state index in [1.54, 1.807) is 32.8 Å². The number of likely N-dealkylation sites (N-methyl/N-ethyl adjacent to an activating group) is 1. The fraction of sp³-hybridized carbons (Fsp3) is 0.958. The second-order valence-electron chi connectivity index (χ2n) is 9.28. The highest BCUT2D eigenvalue weighted by Crippen LogP contribution is 2.21. The summed E-state index contributed by atoms with van der Waals surface area (Å²) in [5.41, 5.74) is -1.04. The van der Waals surface area contributed by atoms with Crippen molar-refractivity contribution in [3.63, 3.8) is 0 Å². The molecule has 5 nitrogen and oxygen atoms in total. The number of aliphatic hydroxyl groups excluding tert-OH is 1. The summed E-state index contributed by atoms with van der Waals surface area (Å²) in [6.07, 6.45) is 14.6. The van der Waals surface area contributed by atoms with Crippen LogP contribution in [0.5, 0.6) is 0 Å². The number of aliphatic hydroxyl groups is 2. The van der Waals surface area contributed by atoms with Crippen LogP contribution in [0.2, 0.25) is 0 Å². The van der Waals surface area contributed by atoms with Crippen molar-refractivity contribution < 1.29 is 20.1 Å². The molecule has 0 saturated carbocycles. The molecule has 0 fully saturated rings. The molecule has 0 aromatic heterocycles. The fourth-order valence-corrected chi connectivity index (χ4v) is 3.06. The Hall–Kier alpha value is -0.650. The van der Waals surface area contributed by atoms with Gasteiger partial charge in [-0.25, -0.2) is 0 Å². The summed E-state index contributed by atoms with van der Waals surface area (Å²) < 4.78 is 0. The molecule has 0 heterocycles. The lowest BCUT2D eigenvalue weighted by atomic mass is 9.90. The highest BCUT2D eigenvalue weighted by molar-refractivity contribution is 5.69. The molecule has 0 amide bonds. The van der Waals surface area contributed by atoms with Crippen molar-refractivity contribution in [3.8, 4) is 0 Å². The third-order valence-corrected chi connectivity index (χ3v) is 5.84. The Labute approximate surface area is 180 Å². The van der Waals surface area contributed by atoms with Gasteiger partial charge in [0.15, 0.2) is 0 Å². The molecule has 3 atom stereocenters. The van der Waals surface area contributed by atoms with Crippen LogP contribution in [0.1, 0.15) is 112 Å². The first-order valence-corrected chi connectivity index (χ1v) is 11.8. The lowest BCUT2D eigenvalue weighted by molar-refractivity contribution is -0.147. The van der Waals surface area contributed by atoms with Crippen molar-refractivity contribution in [1.29, 1.82) is 0 Å². The van der Waals surface area contributed by atoms with E-state index in [1.807, 2.05) is 13.8 Å². The quantitative estimate of drug-likeness (QED) is 0.222. The Kier molecular flexibility index (Phi) is 19.1. The summed E-state index contributed by atoms with van der Waals surface area (Å²) in [6, 6.07) is 0. The summed E-state index contributed by atoms with van der Waals surface area (Å²) in [7, 11) is 3.48. The predicted molar refractivity (Wildman–Crippen MR) is 123 cm³/mol. The van der Waals surface area contributed by atoms with Crippen molar-refractivity contribution >= 4 is 5.97 Å². The van der Waals surface area contributed by atoms with Crippen LogP contribution in [0, 0.1) is 11.8 Å². The van der Waals surface area contributed by atoms with E-state index in [0.29, 0.717) is 0 Å². The van der Waals surface area contributed by atoms with Gasteiger partial charge in [-0.15, -0.1) is 0 Å². The van der Waals surface area contributed by atoms with Crippen molar-refractivity contribution in [2.24, 2.45) is 11.8 Å². The largest absolute Gasteiger partial charge is 0.481 e. The number of carbonyl (C=O) groups is 1. The molecule has 0 bridgehead atoms. The van der Waals surface area contributed by atoms with Gasteiger partial charge in [0.25, 0.3) is 0 Å².